The first-order valence-electron chi connectivity index (χ1n) is 14.1. The summed E-state index contributed by atoms with van der Waals surface area (Å²) in [5.41, 5.74) is 2.93. The van der Waals surface area contributed by atoms with Crippen LogP contribution in [0.25, 0.3) is 21.5 Å². The molecule has 21 nitrogen and oxygen atoms in total. The third kappa shape index (κ3) is 7.78. The number of ether oxygens (including phenoxy) is 1. The van der Waals surface area contributed by atoms with Crippen LogP contribution in [0.4, 0.5) is 28.4 Å². The van der Waals surface area contributed by atoms with Gasteiger partial charge in [0.05, 0.1) is 18.2 Å². The Bertz CT molecular complexity index is 3080. The summed E-state index contributed by atoms with van der Waals surface area (Å²) in [6.07, 6.45) is 0. The standard InChI is InChI=1S/C28H23N5O16S5/c1-13-6-9-20(51(37,38)39)18(10-13)31-33-26-22(53(43,44)45)12-14-11-21(52(40,41)42)25(24(29)23(14)27(26)49-2)32-30-17-8-7-15-16(28(17)54(46,47)48)4-3-5-19(15)50(34,35)36/h3-12H,29H2,1-2H3,(H,34,35,36)(H,37,38,39)(H,40,41,42)(H,43,44,45)(H,46,47,48). The van der Waals surface area contributed by atoms with E-state index in [0.29, 0.717) is 17.7 Å². The van der Waals surface area contributed by atoms with Crippen LogP contribution >= 0.6 is 0 Å². The lowest BCUT2D eigenvalue weighted by molar-refractivity contribution is 0.419. The molecule has 0 aliphatic heterocycles. The Labute approximate surface area is 305 Å². The number of nitrogens with two attached hydrogens (primary N) is 1. The minimum absolute atomic E-state index is 0.383. The molecule has 0 bridgehead atoms. The Morgan fingerprint density at radius 1 is 0.556 bits per heavy atom. The van der Waals surface area contributed by atoms with Crippen molar-refractivity contribution in [3.8, 4) is 5.75 Å². The molecule has 0 heterocycles. The monoisotopic (exact) mass is 845 g/mol. The van der Waals surface area contributed by atoms with Gasteiger partial charge in [-0.2, -0.15) is 42.1 Å². The SMILES string of the molecule is COc1c(N=Nc2cc(C)ccc2S(=O)(=O)O)c(S(=O)(=O)O)cc2cc(S(=O)(=O)O)c(N=Nc3ccc4c(S(=O)(=O)O)cccc4c3S(=O)(=O)O)c(N)c12. The summed E-state index contributed by atoms with van der Waals surface area (Å²) in [6.45, 7) is 1.52. The van der Waals surface area contributed by atoms with E-state index in [2.05, 4.69) is 20.5 Å². The van der Waals surface area contributed by atoms with E-state index in [4.69, 9.17) is 10.5 Å². The number of nitrogen functional groups attached to an aromatic ring is 1. The second-order valence-corrected chi connectivity index (χ2v) is 17.9. The summed E-state index contributed by atoms with van der Waals surface area (Å²) < 4.78 is 178. The molecule has 0 amide bonds. The minimum atomic E-state index is -5.37. The van der Waals surface area contributed by atoms with Crippen LogP contribution in [0.5, 0.6) is 5.75 Å². The fourth-order valence-electron chi connectivity index (χ4n) is 5.28. The van der Waals surface area contributed by atoms with Gasteiger partial charge in [0, 0.05) is 10.8 Å². The molecule has 5 rings (SSSR count). The number of rotatable bonds is 10. The molecule has 0 unspecified atom stereocenters. The molecule has 0 fully saturated rings. The molecule has 0 atom stereocenters. The van der Waals surface area contributed by atoms with Crippen molar-refractivity contribution in [1.82, 2.24) is 0 Å². The molecule has 0 aliphatic rings. The maximum Gasteiger partial charge on any atom is 0.297 e. The lowest BCUT2D eigenvalue weighted by Gasteiger charge is -2.16. The van der Waals surface area contributed by atoms with Crippen LogP contribution in [-0.4, -0.2) is 72.0 Å². The zero-order valence-electron chi connectivity index (χ0n) is 26.9. The largest absolute Gasteiger partial charge is 0.494 e. The van der Waals surface area contributed by atoms with E-state index < -0.39 is 125 Å². The van der Waals surface area contributed by atoms with Crippen molar-refractivity contribution < 1.29 is 69.6 Å². The predicted molar refractivity (Wildman–Crippen MR) is 187 cm³/mol. The second-order valence-electron chi connectivity index (χ2n) is 11.0. The number of aryl methyl sites for hydroxylation is 1. The fraction of sp³-hybridized carbons (Fsp3) is 0.0714. The molecule has 0 aliphatic carbocycles. The van der Waals surface area contributed by atoms with Crippen molar-refractivity contribution in [3.63, 3.8) is 0 Å². The maximum absolute atomic E-state index is 12.6. The first kappa shape index (κ1) is 40.2. The van der Waals surface area contributed by atoms with Crippen LogP contribution in [0.1, 0.15) is 5.56 Å². The number of anilines is 1. The summed E-state index contributed by atoms with van der Waals surface area (Å²) in [7, 11) is -24.8. The van der Waals surface area contributed by atoms with Crippen LogP contribution in [0, 0.1) is 6.92 Å². The number of nitrogens with zero attached hydrogens (tertiary/aromatic N) is 4. The number of hydrogen-bond donors (Lipinski definition) is 6. The molecule has 54 heavy (non-hydrogen) atoms. The Morgan fingerprint density at radius 3 is 1.63 bits per heavy atom. The van der Waals surface area contributed by atoms with Gasteiger partial charge in [0.2, 0.25) is 0 Å². The molecule has 5 aromatic rings. The van der Waals surface area contributed by atoms with Gasteiger partial charge in [-0.1, -0.05) is 24.3 Å². The lowest BCUT2D eigenvalue weighted by Crippen LogP contribution is -2.05. The number of benzene rings is 5. The normalized spacial score (nSPS) is 13.4. The van der Waals surface area contributed by atoms with Gasteiger partial charge < -0.3 is 10.5 Å². The molecule has 0 spiro atoms. The number of hydrogen-bond acceptors (Lipinski definition) is 16. The number of fused-ring (bicyclic) bond motifs is 2. The molecule has 7 N–H and O–H groups in total. The second kappa shape index (κ2) is 13.7. The summed E-state index contributed by atoms with van der Waals surface area (Å²) in [4.78, 5) is -4.81. The molecule has 26 heteroatoms. The lowest BCUT2D eigenvalue weighted by atomic mass is 10.0. The van der Waals surface area contributed by atoms with Crippen LogP contribution in [0.15, 0.2) is 106 Å². The first-order valence-corrected chi connectivity index (χ1v) is 21.3. The quantitative estimate of drug-likeness (QED) is 0.0614. The van der Waals surface area contributed by atoms with Crippen molar-refractivity contribution in [2.24, 2.45) is 20.5 Å². The zero-order valence-corrected chi connectivity index (χ0v) is 31.0. The van der Waals surface area contributed by atoms with Gasteiger partial charge in [0.1, 0.15) is 47.2 Å². The van der Waals surface area contributed by atoms with Gasteiger partial charge in [0.25, 0.3) is 50.6 Å². The first-order chi connectivity index (χ1) is 24.7. The Morgan fingerprint density at radius 2 is 1.09 bits per heavy atom. The number of azo groups is 2. The Hall–Kier alpha value is -5.03. The van der Waals surface area contributed by atoms with E-state index in [1.54, 1.807) is 0 Å². The summed E-state index contributed by atoms with van der Waals surface area (Å²) >= 11 is 0. The van der Waals surface area contributed by atoms with E-state index in [-0.39, 0.29) is 5.39 Å². The van der Waals surface area contributed by atoms with Crippen molar-refractivity contribution in [3.05, 3.63) is 66.2 Å². The molecule has 0 aromatic heterocycles. The summed E-state index contributed by atoms with van der Waals surface area (Å²) in [5.74, 6) is -0.664. The van der Waals surface area contributed by atoms with Crippen molar-refractivity contribution in [1.29, 1.82) is 0 Å². The third-order valence-electron chi connectivity index (χ3n) is 7.45. The topological polar surface area (TPSA) is 357 Å². The fourth-order valence-corrected chi connectivity index (χ4v) is 8.75. The average molecular weight is 846 g/mol. The highest BCUT2D eigenvalue weighted by molar-refractivity contribution is 7.87. The van der Waals surface area contributed by atoms with Crippen molar-refractivity contribution >= 4 is 101 Å². The third-order valence-corrected chi connectivity index (χ3v) is 11.9. The maximum atomic E-state index is 12.6. The molecule has 0 saturated heterocycles. The molecule has 286 valence electrons. The van der Waals surface area contributed by atoms with Crippen molar-refractivity contribution in [2.45, 2.75) is 31.4 Å². The van der Waals surface area contributed by atoms with Crippen LogP contribution < -0.4 is 10.5 Å². The molecule has 0 radical (unpaired) electrons. The van der Waals surface area contributed by atoms with E-state index in [0.717, 1.165) is 49.6 Å². The van der Waals surface area contributed by atoms with Crippen LogP contribution in [0.2, 0.25) is 0 Å². The van der Waals surface area contributed by atoms with Gasteiger partial charge in [-0.25, -0.2) is 0 Å². The van der Waals surface area contributed by atoms with Crippen LogP contribution in [-0.2, 0) is 50.6 Å². The summed E-state index contributed by atoms with van der Waals surface area (Å²) in [6, 6.07) is 9.51. The van der Waals surface area contributed by atoms with Crippen LogP contribution in [0.3, 0.4) is 0 Å². The van der Waals surface area contributed by atoms with Crippen molar-refractivity contribution in [2.75, 3.05) is 12.8 Å². The minimum Gasteiger partial charge on any atom is -0.494 e. The van der Waals surface area contributed by atoms with Gasteiger partial charge in [-0.05, 0) is 54.3 Å². The molecular formula is C28H23N5O16S5. The van der Waals surface area contributed by atoms with E-state index in [9.17, 15) is 64.9 Å². The average Bonchev–Trinajstić information content (AvgIpc) is 3.03. The highest BCUT2D eigenvalue weighted by Gasteiger charge is 2.30. The number of methoxy groups -OCH3 is 1. The van der Waals surface area contributed by atoms with Gasteiger partial charge in [-0.15, -0.1) is 20.5 Å². The zero-order chi connectivity index (χ0) is 40.3. The van der Waals surface area contributed by atoms with Gasteiger partial charge >= 0.3 is 0 Å². The van der Waals surface area contributed by atoms with E-state index in [1.807, 2.05) is 0 Å². The van der Waals surface area contributed by atoms with E-state index in [1.165, 1.54) is 13.0 Å². The van der Waals surface area contributed by atoms with E-state index >= 15 is 0 Å². The Kier molecular flexibility index (Phi) is 10.2. The van der Waals surface area contributed by atoms with Gasteiger partial charge in [0.15, 0.2) is 5.75 Å². The molecule has 5 aromatic carbocycles. The summed E-state index contributed by atoms with van der Waals surface area (Å²) in [5, 5.41) is 13.2. The highest BCUT2D eigenvalue weighted by Crippen LogP contribution is 2.49. The predicted octanol–water partition coefficient (Wildman–Crippen LogP) is 4.96. The highest BCUT2D eigenvalue weighted by atomic mass is 32.2. The van der Waals surface area contributed by atoms with Gasteiger partial charge in [-0.3, -0.25) is 22.8 Å². The molecular weight excluding hydrogens is 823 g/mol. The Balaban J connectivity index is 1.86. The molecule has 0 saturated carbocycles. The smallest absolute Gasteiger partial charge is 0.297 e.